The summed E-state index contributed by atoms with van der Waals surface area (Å²) in [4.78, 5) is 36.9. The number of halogens is 6. The Kier molecular flexibility index (Phi) is 9.66. The molecule has 10 nitrogen and oxygen atoms in total. The number of aryl methyl sites for hydroxylation is 1. The van der Waals surface area contributed by atoms with Gasteiger partial charge in [-0.25, -0.2) is 18.6 Å². The van der Waals surface area contributed by atoms with Crippen molar-refractivity contribution in [3.63, 3.8) is 0 Å². The van der Waals surface area contributed by atoms with Crippen LogP contribution in [-0.2, 0) is 12.7 Å². The van der Waals surface area contributed by atoms with E-state index >= 15 is 0 Å². The number of carbonyl (C=O) groups is 1. The van der Waals surface area contributed by atoms with Crippen molar-refractivity contribution in [3.05, 3.63) is 79.8 Å². The molecule has 0 aliphatic carbocycles. The van der Waals surface area contributed by atoms with Crippen molar-refractivity contribution in [2.75, 3.05) is 44.2 Å². The normalized spacial score (nSPS) is 14.3. The van der Waals surface area contributed by atoms with E-state index in [1.807, 2.05) is 6.07 Å². The van der Waals surface area contributed by atoms with Crippen LogP contribution < -0.4 is 15.2 Å². The summed E-state index contributed by atoms with van der Waals surface area (Å²) >= 11 is 7.52. The van der Waals surface area contributed by atoms with Crippen LogP contribution >= 0.6 is 22.9 Å². The van der Waals surface area contributed by atoms with Crippen molar-refractivity contribution in [3.8, 4) is 22.9 Å². The Bertz CT molecular complexity index is 2270. The number of carboxylic acids is 1. The number of hydrogen-bond acceptors (Lipinski definition) is 9. The number of ether oxygens (including phenoxy) is 1. The molecule has 266 valence electrons. The van der Waals surface area contributed by atoms with Gasteiger partial charge in [-0.05, 0) is 37.3 Å². The van der Waals surface area contributed by atoms with Crippen LogP contribution in [0.25, 0.3) is 32.2 Å². The molecule has 0 unspecified atom stereocenters. The molecule has 2 aromatic carbocycles. The standard InChI is InChI=1S/C34H28ClF5N6O4S/c1-18-43-25-14-24(34(38,39)40)29(45-9-7-44(8-10-45)17-33(2,36)37)22(15-41)27(25)31(47)46(18)11-12-50-26-4-3-19(35)13-21(26)20-5-6-42-28-23(32(48)49)16-51-30(20)28/h3-6,13-14,16H,7-12,17H2,1-2H3,(H,48,49). The van der Waals surface area contributed by atoms with Gasteiger partial charge < -0.3 is 14.7 Å². The van der Waals surface area contributed by atoms with Gasteiger partial charge in [-0.3, -0.25) is 19.2 Å². The highest BCUT2D eigenvalue weighted by molar-refractivity contribution is 7.18. The first-order valence-electron chi connectivity index (χ1n) is 15.5. The first-order chi connectivity index (χ1) is 24.1. The summed E-state index contributed by atoms with van der Waals surface area (Å²) < 4.78 is 78.5. The van der Waals surface area contributed by atoms with Gasteiger partial charge in [0.15, 0.2) is 0 Å². The highest BCUT2D eigenvalue weighted by Gasteiger charge is 2.39. The van der Waals surface area contributed by atoms with Crippen LogP contribution in [0.1, 0.15) is 34.2 Å². The average molecular weight is 747 g/mol. The summed E-state index contributed by atoms with van der Waals surface area (Å²) in [7, 11) is 0. The topological polar surface area (TPSA) is 125 Å². The van der Waals surface area contributed by atoms with Crippen LogP contribution in [0.5, 0.6) is 5.75 Å². The van der Waals surface area contributed by atoms with Crippen molar-refractivity contribution < 1.29 is 36.6 Å². The van der Waals surface area contributed by atoms with Crippen LogP contribution in [0.3, 0.4) is 0 Å². The number of hydrogen-bond donors (Lipinski definition) is 1. The van der Waals surface area contributed by atoms with E-state index in [1.54, 1.807) is 24.3 Å². The van der Waals surface area contributed by atoms with Crippen molar-refractivity contribution in [1.82, 2.24) is 19.4 Å². The fourth-order valence-electron chi connectivity index (χ4n) is 6.30. The van der Waals surface area contributed by atoms with Gasteiger partial charge in [0.2, 0.25) is 0 Å². The van der Waals surface area contributed by atoms with Gasteiger partial charge in [0.25, 0.3) is 11.5 Å². The molecule has 1 fully saturated rings. The number of alkyl halides is 5. The van der Waals surface area contributed by atoms with Crippen LogP contribution in [0.15, 0.2) is 46.7 Å². The molecule has 0 amide bonds. The molecular formula is C34H28ClF5N6O4S. The summed E-state index contributed by atoms with van der Waals surface area (Å²) in [6.07, 6.45) is -3.43. The molecule has 0 atom stereocenters. The second-order valence-corrected chi connectivity index (χ2v) is 13.4. The second-order valence-electron chi connectivity index (χ2n) is 12.1. The molecule has 6 rings (SSSR count). The number of thiophene rings is 1. The zero-order valence-electron chi connectivity index (χ0n) is 27.0. The molecular weight excluding hydrogens is 719 g/mol. The molecule has 1 saturated heterocycles. The lowest BCUT2D eigenvalue weighted by Gasteiger charge is -2.38. The molecule has 3 aromatic heterocycles. The third-order valence-electron chi connectivity index (χ3n) is 8.51. The number of nitriles is 1. The molecule has 0 spiro atoms. The zero-order chi connectivity index (χ0) is 36.8. The number of nitrogens with zero attached hydrogens (tertiary/aromatic N) is 6. The first-order valence-corrected chi connectivity index (χ1v) is 16.8. The highest BCUT2D eigenvalue weighted by atomic mass is 35.5. The molecule has 1 N–H and O–H groups in total. The monoisotopic (exact) mass is 746 g/mol. The van der Waals surface area contributed by atoms with Gasteiger partial charge in [0.05, 0.1) is 56.6 Å². The molecule has 5 aromatic rings. The Morgan fingerprint density at radius 2 is 1.84 bits per heavy atom. The lowest BCUT2D eigenvalue weighted by Crippen LogP contribution is -2.50. The van der Waals surface area contributed by atoms with Crippen LogP contribution in [0, 0.1) is 18.3 Å². The Morgan fingerprint density at radius 3 is 2.49 bits per heavy atom. The van der Waals surface area contributed by atoms with E-state index in [1.165, 1.54) is 44.2 Å². The lowest BCUT2D eigenvalue weighted by atomic mass is 10.00. The Labute approximate surface area is 295 Å². The van der Waals surface area contributed by atoms with E-state index in [0.29, 0.717) is 32.1 Å². The number of benzene rings is 2. The number of carboxylic acid groups (broad SMARTS) is 1. The van der Waals surface area contributed by atoms with Crippen molar-refractivity contribution in [2.24, 2.45) is 0 Å². The number of fused-ring (bicyclic) bond motifs is 2. The fraction of sp³-hybridized carbons (Fsp3) is 0.324. The summed E-state index contributed by atoms with van der Waals surface area (Å²) in [6.45, 7) is 1.36. The second kappa shape index (κ2) is 13.7. The van der Waals surface area contributed by atoms with E-state index < -0.39 is 47.0 Å². The number of aromatic nitrogens is 3. The molecule has 0 bridgehead atoms. The largest absolute Gasteiger partial charge is 0.491 e. The number of aromatic carboxylic acids is 1. The minimum absolute atomic E-state index is 0.0300. The quantitative estimate of drug-likeness (QED) is 0.158. The molecule has 17 heteroatoms. The maximum Gasteiger partial charge on any atom is 0.418 e. The Hall–Kier alpha value is -4.85. The van der Waals surface area contributed by atoms with Crippen LogP contribution in [0.2, 0.25) is 5.02 Å². The van der Waals surface area contributed by atoms with E-state index in [0.717, 1.165) is 13.0 Å². The van der Waals surface area contributed by atoms with Gasteiger partial charge in [0.1, 0.15) is 24.3 Å². The average Bonchev–Trinajstić information content (AvgIpc) is 3.50. The predicted octanol–water partition coefficient (Wildman–Crippen LogP) is 7.08. The van der Waals surface area contributed by atoms with Crippen LogP contribution in [0.4, 0.5) is 27.6 Å². The van der Waals surface area contributed by atoms with Gasteiger partial charge in [-0.15, -0.1) is 11.3 Å². The smallest absolute Gasteiger partial charge is 0.418 e. The van der Waals surface area contributed by atoms with E-state index in [2.05, 4.69) is 9.97 Å². The zero-order valence-corrected chi connectivity index (χ0v) is 28.6. The Balaban J connectivity index is 1.34. The molecule has 1 aliphatic heterocycles. The number of anilines is 1. The highest BCUT2D eigenvalue weighted by Crippen LogP contribution is 2.42. The lowest BCUT2D eigenvalue weighted by molar-refractivity contribution is -0.137. The van der Waals surface area contributed by atoms with Gasteiger partial charge in [-0.1, -0.05) is 11.6 Å². The molecule has 1 aliphatic rings. The molecule has 0 radical (unpaired) electrons. The van der Waals surface area contributed by atoms with E-state index in [4.69, 9.17) is 16.3 Å². The van der Waals surface area contributed by atoms with Crippen molar-refractivity contribution >= 4 is 55.7 Å². The fourth-order valence-corrected chi connectivity index (χ4v) is 7.50. The number of rotatable bonds is 9. The maximum atomic E-state index is 14.4. The third kappa shape index (κ3) is 7.19. The Morgan fingerprint density at radius 1 is 1.12 bits per heavy atom. The van der Waals surface area contributed by atoms with Crippen molar-refractivity contribution in [2.45, 2.75) is 32.5 Å². The van der Waals surface area contributed by atoms with Gasteiger partial charge in [-0.2, -0.15) is 18.4 Å². The third-order valence-corrected chi connectivity index (χ3v) is 9.74. The van der Waals surface area contributed by atoms with Gasteiger partial charge >= 0.3 is 12.1 Å². The minimum atomic E-state index is -4.91. The minimum Gasteiger partial charge on any atom is -0.491 e. The summed E-state index contributed by atoms with van der Waals surface area (Å²) in [5.41, 5.74) is -1.68. The van der Waals surface area contributed by atoms with E-state index in [-0.39, 0.29) is 61.6 Å². The number of piperazine rings is 1. The summed E-state index contributed by atoms with van der Waals surface area (Å²) in [6, 6.07) is 9.11. The molecule has 4 heterocycles. The summed E-state index contributed by atoms with van der Waals surface area (Å²) in [5, 5.41) is 21.4. The molecule has 51 heavy (non-hydrogen) atoms. The number of pyridine rings is 1. The van der Waals surface area contributed by atoms with E-state index in [9.17, 15) is 41.9 Å². The SMILES string of the molecule is Cc1nc2cc(C(F)(F)F)c(N3CCN(CC(C)(F)F)CC3)c(C#N)c2c(=O)n1CCOc1ccc(Cl)cc1-c1ccnc2c(C(=O)O)csc12. The molecule has 0 saturated carbocycles. The first kappa shape index (κ1) is 36.0. The van der Waals surface area contributed by atoms with Crippen LogP contribution in [-0.4, -0.2) is 75.8 Å². The summed E-state index contributed by atoms with van der Waals surface area (Å²) in [5.74, 6) is -3.68. The van der Waals surface area contributed by atoms with Crippen molar-refractivity contribution in [1.29, 1.82) is 5.26 Å². The predicted molar refractivity (Wildman–Crippen MR) is 182 cm³/mol. The van der Waals surface area contributed by atoms with Gasteiger partial charge in [0, 0.05) is 60.8 Å². The maximum absolute atomic E-state index is 14.4.